The van der Waals surface area contributed by atoms with E-state index in [1.807, 2.05) is 38.1 Å². The summed E-state index contributed by atoms with van der Waals surface area (Å²) in [5.41, 5.74) is 6.76. The lowest BCUT2D eigenvalue weighted by molar-refractivity contribution is -0.0441. The highest BCUT2D eigenvalue weighted by atomic mass is 35.5. The van der Waals surface area contributed by atoms with Crippen LogP contribution in [0.5, 0.6) is 0 Å². The fourth-order valence-corrected chi connectivity index (χ4v) is 1.68. The number of hydrogen-bond acceptors (Lipinski definition) is 3. The van der Waals surface area contributed by atoms with Gasteiger partial charge in [-0.25, -0.2) is 0 Å². The van der Waals surface area contributed by atoms with E-state index >= 15 is 0 Å². The quantitative estimate of drug-likeness (QED) is 0.817. The fourth-order valence-electron chi connectivity index (χ4n) is 1.55. The molecule has 1 aromatic rings. The van der Waals surface area contributed by atoms with Gasteiger partial charge in [0.15, 0.2) is 0 Å². The predicted octanol–water partition coefficient (Wildman–Crippen LogP) is 2.78. The van der Waals surface area contributed by atoms with Crippen molar-refractivity contribution in [3.8, 4) is 0 Å². The van der Waals surface area contributed by atoms with Crippen molar-refractivity contribution < 1.29 is 9.47 Å². The maximum atomic E-state index is 5.84. The second kappa shape index (κ2) is 7.67. The molecule has 0 saturated heterocycles. The summed E-state index contributed by atoms with van der Waals surface area (Å²) in [6.45, 7) is 5.67. The maximum Gasteiger partial charge on any atom is 0.0951 e. The monoisotopic (exact) mass is 257 g/mol. The molecule has 0 aromatic heterocycles. The van der Waals surface area contributed by atoms with Crippen LogP contribution in [0, 0.1) is 0 Å². The van der Waals surface area contributed by atoms with Crippen LogP contribution in [-0.2, 0) is 9.47 Å². The Morgan fingerprint density at radius 1 is 1.29 bits per heavy atom. The Bertz CT molecular complexity index is 316. The van der Waals surface area contributed by atoms with Gasteiger partial charge in [-0.05, 0) is 31.5 Å². The van der Waals surface area contributed by atoms with Crippen LogP contribution in [0.1, 0.15) is 25.5 Å². The van der Waals surface area contributed by atoms with Crippen LogP contribution < -0.4 is 5.73 Å². The summed E-state index contributed by atoms with van der Waals surface area (Å²) in [5.74, 6) is 0. The number of rotatable bonds is 7. The third-order valence-electron chi connectivity index (χ3n) is 2.41. The first kappa shape index (κ1) is 14.5. The molecule has 0 saturated carbocycles. The van der Waals surface area contributed by atoms with Crippen molar-refractivity contribution in [1.29, 1.82) is 0 Å². The van der Waals surface area contributed by atoms with Gasteiger partial charge in [-0.2, -0.15) is 0 Å². The van der Waals surface area contributed by atoms with E-state index in [1.54, 1.807) is 0 Å². The molecule has 0 aliphatic rings. The maximum absolute atomic E-state index is 5.84. The third kappa shape index (κ3) is 5.04. The van der Waals surface area contributed by atoms with E-state index < -0.39 is 0 Å². The zero-order chi connectivity index (χ0) is 12.7. The molecule has 1 rings (SSSR count). The second-order valence-electron chi connectivity index (χ2n) is 3.88. The van der Waals surface area contributed by atoms with Gasteiger partial charge in [-0.1, -0.05) is 23.7 Å². The summed E-state index contributed by atoms with van der Waals surface area (Å²) in [6.07, 6.45) is -0.0816. The van der Waals surface area contributed by atoms with Gasteiger partial charge in [0.2, 0.25) is 0 Å². The van der Waals surface area contributed by atoms with Crippen LogP contribution in [0.25, 0.3) is 0 Å². The van der Waals surface area contributed by atoms with Crippen molar-refractivity contribution in [1.82, 2.24) is 0 Å². The van der Waals surface area contributed by atoms with Crippen molar-refractivity contribution >= 4 is 11.6 Å². The number of hydrogen-bond donors (Lipinski definition) is 1. The average Bonchev–Trinajstić information content (AvgIpc) is 2.34. The van der Waals surface area contributed by atoms with Gasteiger partial charge in [-0.15, -0.1) is 0 Å². The normalized spacial score (nSPS) is 14.6. The summed E-state index contributed by atoms with van der Waals surface area (Å²) in [7, 11) is 0. The van der Waals surface area contributed by atoms with E-state index in [0.717, 1.165) is 5.56 Å². The van der Waals surface area contributed by atoms with Crippen LogP contribution >= 0.6 is 11.6 Å². The van der Waals surface area contributed by atoms with Crippen LogP contribution in [0.15, 0.2) is 24.3 Å². The molecule has 0 fully saturated rings. The minimum absolute atomic E-state index is 0.0270. The molecule has 0 spiro atoms. The largest absolute Gasteiger partial charge is 0.379 e. The summed E-state index contributed by atoms with van der Waals surface area (Å²) in [5, 5.41) is 0.715. The Morgan fingerprint density at radius 2 is 1.94 bits per heavy atom. The highest BCUT2D eigenvalue weighted by molar-refractivity contribution is 6.30. The van der Waals surface area contributed by atoms with E-state index in [-0.39, 0.29) is 12.2 Å². The smallest absolute Gasteiger partial charge is 0.0951 e. The Morgan fingerprint density at radius 3 is 2.47 bits per heavy atom. The van der Waals surface area contributed by atoms with E-state index in [2.05, 4.69) is 0 Å². The third-order valence-corrected chi connectivity index (χ3v) is 2.66. The van der Waals surface area contributed by atoms with Gasteiger partial charge in [-0.3, -0.25) is 0 Å². The highest BCUT2D eigenvalue weighted by Crippen LogP contribution is 2.20. The topological polar surface area (TPSA) is 44.5 Å². The zero-order valence-electron chi connectivity index (χ0n) is 10.4. The zero-order valence-corrected chi connectivity index (χ0v) is 11.1. The molecule has 96 valence electrons. The summed E-state index contributed by atoms with van der Waals surface area (Å²) in [6, 6.07) is 7.56. The molecule has 17 heavy (non-hydrogen) atoms. The minimum Gasteiger partial charge on any atom is -0.379 e. The SMILES string of the molecule is CCOCC(C)OC(CN)c1ccc(Cl)cc1. The van der Waals surface area contributed by atoms with Crippen molar-refractivity contribution in [2.24, 2.45) is 5.73 Å². The lowest BCUT2D eigenvalue weighted by Crippen LogP contribution is -2.24. The van der Waals surface area contributed by atoms with Crippen molar-refractivity contribution in [2.75, 3.05) is 19.8 Å². The molecule has 2 unspecified atom stereocenters. The summed E-state index contributed by atoms with van der Waals surface area (Å²) >= 11 is 5.84. The average molecular weight is 258 g/mol. The lowest BCUT2D eigenvalue weighted by atomic mass is 10.1. The Labute approximate surface area is 108 Å². The van der Waals surface area contributed by atoms with Gasteiger partial charge in [0.1, 0.15) is 0 Å². The lowest BCUT2D eigenvalue weighted by Gasteiger charge is -2.21. The fraction of sp³-hybridized carbons (Fsp3) is 0.538. The molecule has 0 radical (unpaired) electrons. The number of ether oxygens (including phenoxy) is 2. The molecule has 0 aliphatic carbocycles. The van der Waals surface area contributed by atoms with Crippen LogP contribution in [0.4, 0.5) is 0 Å². The molecule has 0 heterocycles. The van der Waals surface area contributed by atoms with Crippen LogP contribution in [0.3, 0.4) is 0 Å². The molecule has 3 nitrogen and oxygen atoms in total. The number of benzene rings is 1. The molecular formula is C13H20ClNO2. The predicted molar refractivity (Wildman–Crippen MR) is 70.3 cm³/mol. The molecule has 0 aliphatic heterocycles. The molecule has 0 bridgehead atoms. The van der Waals surface area contributed by atoms with Crippen molar-refractivity contribution in [3.05, 3.63) is 34.9 Å². The standard InChI is InChI=1S/C13H20ClNO2/c1-3-16-9-10(2)17-13(8-15)11-4-6-12(14)7-5-11/h4-7,10,13H,3,8-9,15H2,1-2H3. The highest BCUT2D eigenvalue weighted by Gasteiger charge is 2.14. The second-order valence-corrected chi connectivity index (χ2v) is 4.32. The summed E-state index contributed by atoms with van der Waals surface area (Å²) < 4.78 is 11.1. The Hall–Kier alpha value is -0.610. The van der Waals surface area contributed by atoms with Gasteiger partial charge in [0.25, 0.3) is 0 Å². The summed E-state index contributed by atoms with van der Waals surface area (Å²) in [4.78, 5) is 0. The first-order valence-electron chi connectivity index (χ1n) is 5.86. The van der Waals surface area contributed by atoms with Gasteiger partial charge >= 0.3 is 0 Å². The van der Waals surface area contributed by atoms with Gasteiger partial charge in [0, 0.05) is 18.2 Å². The first-order valence-corrected chi connectivity index (χ1v) is 6.23. The molecule has 0 amide bonds. The molecule has 2 atom stereocenters. The Kier molecular flexibility index (Phi) is 6.52. The molecule has 4 heteroatoms. The first-order chi connectivity index (χ1) is 8.17. The van der Waals surface area contributed by atoms with E-state index in [0.29, 0.717) is 24.8 Å². The van der Waals surface area contributed by atoms with E-state index in [1.165, 1.54) is 0 Å². The number of nitrogens with two attached hydrogens (primary N) is 1. The van der Waals surface area contributed by atoms with Crippen LogP contribution in [-0.4, -0.2) is 25.9 Å². The molecule has 1 aromatic carbocycles. The van der Waals surface area contributed by atoms with E-state index in [9.17, 15) is 0 Å². The molecule has 2 N–H and O–H groups in total. The van der Waals surface area contributed by atoms with Gasteiger partial charge < -0.3 is 15.2 Å². The Balaban J connectivity index is 2.56. The molecular weight excluding hydrogens is 238 g/mol. The minimum atomic E-state index is -0.109. The van der Waals surface area contributed by atoms with Crippen molar-refractivity contribution in [3.63, 3.8) is 0 Å². The number of halogens is 1. The van der Waals surface area contributed by atoms with Crippen LogP contribution in [0.2, 0.25) is 5.02 Å². The van der Waals surface area contributed by atoms with E-state index in [4.69, 9.17) is 26.8 Å². The van der Waals surface area contributed by atoms with Crippen molar-refractivity contribution in [2.45, 2.75) is 26.1 Å². The van der Waals surface area contributed by atoms with Gasteiger partial charge in [0.05, 0.1) is 18.8 Å².